The first-order valence-corrected chi connectivity index (χ1v) is 12.0. The van der Waals surface area contributed by atoms with Crippen LogP contribution < -0.4 is 0 Å². The fourth-order valence-corrected chi connectivity index (χ4v) is 14.9. The van der Waals surface area contributed by atoms with Gasteiger partial charge < -0.3 is 0 Å². The first kappa shape index (κ1) is 18.7. The molecule has 0 saturated carbocycles. The van der Waals surface area contributed by atoms with Crippen molar-refractivity contribution in [2.45, 2.75) is 75.1 Å². The third-order valence-electron chi connectivity index (χ3n) is 3.07. The Bertz CT molecular complexity index is 302. The Hall–Kier alpha value is -0.261. The summed E-state index contributed by atoms with van der Waals surface area (Å²) in [5.74, 6) is -0.547. The van der Waals surface area contributed by atoms with Crippen molar-refractivity contribution in [3.63, 3.8) is 0 Å². The van der Waals surface area contributed by atoms with Crippen molar-refractivity contribution < 1.29 is 15.7 Å². The molecule has 0 radical (unpaired) electrons. The van der Waals surface area contributed by atoms with Gasteiger partial charge in [-0.25, -0.2) is 0 Å². The molecule has 0 aromatic rings. The average molecular weight is 379 g/mol. The van der Waals surface area contributed by atoms with Crippen LogP contribution in [0, 0.1) is 0 Å². The van der Waals surface area contributed by atoms with E-state index in [0.29, 0.717) is 12.8 Å². The second-order valence-electron chi connectivity index (χ2n) is 6.77. The molecule has 0 aliphatic rings. The molecule has 5 heteroatoms. The summed E-state index contributed by atoms with van der Waals surface area (Å²) in [7, 11) is 0. The number of carbonyl (C=O) groups excluding carboxylic acids is 2. The molecule has 0 atom stereocenters. The molecule has 0 fully saturated rings. The fourth-order valence-electron chi connectivity index (χ4n) is 2.22. The Morgan fingerprint density at radius 1 is 0.789 bits per heavy atom. The molecule has 19 heavy (non-hydrogen) atoms. The minimum atomic E-state index is -3.98. The Labute approximate surface area is 122 Å². The van der Waals surface area contributed by atoms with Crippen LogP contribution in [0.4, 0.5) is 0 Å². The van der Waals surface area contributed by atoms with Crippen LogP contribution in [-0.2, 0) is 15.7 Å². The Balaban J connectivity index is 5.74. The van der Waals surface area contributed by atoms with Gasteiger partial charge in [-0.3, -0.25) is 0 Å². The van der Waals surface area contributed by atoms with E-state index in [1.54, 1.807) is 13.8 Å². The first-order valence-electron chi connectivity index (χ1n) is 6.85. The molecule has 4 nitrogen and oxygen atoms in total. The van der Waals surface area contributed by atoms with Crippen LogP contribution in [0.1, 0.15) is 68.2 Å². The summed E-state index contributed by atoms with van der Waals surface area (Å²) in [5.41, 5.74) is 0. The van der Waals surface area contributed by atoms with Crippen molar-refractivity contribution in [1.29, 1.82) is 0 Å². The molecule has 0 amide bonds. The standard InChI is InChI=1S/2C4H9.2C3H6O2.Sn/c2*1-4(2)3;2*1-2-3(4)5;/h2*1-3H3;2*2H2,1H3,(H,4,5);/q;;;;+2/p-2. The van der Waals surface area contributed by atoms with E-state index in [0.717, 1.165) is 0 Å². The molecule has 0 heterocycles. The molecule has 0 spiro atoms. The molecule has 0 aliphatic carbocycles. The number of rotatable bonds is 4. The summed E-state index contributed by atoms with van der Waals surface area (Å²) < 4.78 is 11.0. The van der Waals surface area contributed by atoms with Crippen molar-refractivity contribution in [2.75, 3.05) is 0 Å². The van der Waals surface area contributed by atoms with E-state index in [4.69, 9.17) is 6.15 Å². The van der Waals surface area contributed by atoms with Crippen LogP contribution >= 0.6 is 0 Å². The van der Waals surface area contributed by atoms with E-state index < -0.39 is 19.2 Å². The van der Waals surface area contributed by atoms with Gasteiger partial charge in [0.1, 0.15) is 0 Å². The van der Waals surface area contributed by atoms with Crippen molar-refractivity contribution in [3.8, 4) is 0 Å². The molecule has 0 bridgehead atoms. The number of hydrogen-bond donors (Lipinski definition) is 0. The third kappa shape index (κ3) is 4.36. The molecule has 0 saturated heterocycles. The second kappa shape index (κ2) is 6.46. The van der Waals surface area contributed by atoms with Crippen molar-refractivity contribution in [3.05, 3.63) is 0 Å². The Morgan fingerprint density at radius 3 is 1.21 bits per heavy atom. The summed E-state index contributed by atoms with van der Waals surface area (Å²) >= 11 is -3.98. The van der Waals surface area contributed by atoms with Gasteiger partial charge in [-0.1, -0.05) is 0 Å². The number of hydrogen-bond acceptors (Lipinski definition) is 4. The van der Waals surface area contributed by atoms with Crippen LogP contribution in [0.2, 0.25) is 6.86 Å². The zero-order chi connectivity index (χ0) is 15.5. The zero-order valence-corrected chi connectivity index (χ0v) is 16.4. The van der Waals surface area contributed by atoms with Crippen LogP contribution in [-0.4, -0.2) is 31.1 Å². The normalized spacial score (nSPS) is 13.1. The van der Waals surface area contributed by atoms with Gasteiger partial charge in [0.2, 0.25) is 0 Å². The van der Waals surface area contributed by atoms with Crippen LogP contribution in [0.15, 0.2) is 0 Å². The summed E-state index contributed by atoms with van der Waals surface area (Å²) in [6, 6.07) is 0. The van der Waals surface area contributed by atoms with Crippen LogP contribution in [0.3, 0.4) is 0 Å². The molecular weight excluding hydrogens is 351 g/mol. The van der Waals surface area contributed by atoms with E-state index in [2.05, 4.69) is 0 Å². The van der Waals surface area contributed by atoms with Crippen LogP contribution in [0.25, 0.3) is 0 Å². The van der Waals surface area contributed by atoms with Crippen LogP contribution in [0.5, 0.6) is 0 Å². The fraction of sp³-hybridized carbons (Fsp3) is 0.857. The summed E-state index contributed by atoms with van der Waals surface area (Å²) in [5, 5.41) is 0. The molecule has 0 N–H and O–H groups in total. The van der Waals surface area contributed by atoms with Gasteiger partial charge in [-0.15, -0.1) is 0 Å². The molecule has 0 aromatic heterocycles. The van der Waals surface area contributed by atoms with Crippen molar-refractivity contribution in [2.24, 2.45) is 0 Å². The third-order valence-corrected chi connectivity index (χ3v) is 17.3. The van der Waals surface area contributed by atoms with Gasteiger partial charge >= 0.3 is 122 Å². The van der Waals surface area contributed by atoms with E-state index >= 15 is 0 Å². The van der Waals surface area contributed by atoms with Gasteiger partial charge in [0.25, 0.3) is 0 Å². The van der Waals surface area contributed by atoms with E-state index in [9.17, 15) is 9.59 Å². The second-order valence-corrected chi connectivity index (χ2v) is 20.0. The molecular formula is C14H28O4Sn. The monoisotopic (exact) mass is 380 g/mol. The Kier molecular flexibility index (Phi) is 6.37. The van der Waals surface area contributed by atoms with E-state index in [-0.39, 0.29) is 18.8 Å². The van der Waals surface area contributed by atoms with Gasteiger partial charge in [-0.05, 0) is 0 Å². The predicted molar refractivity (Wildman–Crippen MR) is 78.0 cm³/mol. The SMILES string of the molecule is CCC(=O)[O][Sn]([O]C(=O)CC)([C](C)(C)C)[C](C)(C)C. The maximum atomic E-state index is 11.8. The van der Waals surface area contributed by atoms with Crippen molar-refractivity contribution in [1.82, 2.24) is 0 Å². The zero-order valence-electron chi connectivity index (χ0n) is 13.5. The predicted octanol–water partition coefficient (Wildman–Crippen LogP) is 3.94. The van der Waals surface area contributed by atoms with Crippen molar-refractivity contribution >= 4 is 31.1 Å². The number of carbonyl (C=O) groups is 2. The van der Waals surface area contributed by atoms with E-state index in [1.807, 2.05) is 41.5 Å². The first-order chi connectivity index (χ1) is 8.41. The Morgan fingerprint density at radius 2 is 1.05 bits per heavy atom. The summed E-state index contributed by atoms with van der Waals surface area (Å²) in [6.07, 6.45) is 0.600. The molecule has 0 aromatic carbocycles. The van der Waals surface area contributed by atoms with Gasteiger partial charge in [0.05, 0.1) is 0 Å². The minimum absolute atomic E-state index is 0.274. The maximum absolute atomic E-state index is 11.8. The van der Waals surface area contributed by atoms with Gasteiger partial charge in [0, 0.05) is 0 Å². The summed E-state index contributed by atoms with van der Waals surface area (Å²) in [4.78, 5) is 23.7. The molecule has 0 aliphatic heterocycles. The molecule has 112 valence electrons. The topological polar surface area (TPSA) is 52.6 Å². The van der Waals surface area contributed by atoms with Gasteiger partial charge in [-0.2, -0.15) is 0 Å². The quantitative estimate of drug-likeness (QED) is 0.695. The summed E-state index contributed by atoms with van der Waals surface area (Å²) in [6.45, 7) is 15.5. The van der Waals surface area contributed by atoms with Gasteiger partial charge in [0.15, 0.2) is 0 Å². The molecule has 0 rings (SSSR count). The average Bonchev–Trinajstić information content (AvgIpc) is 2.24. The molecule has 0 unspecified atom stereocenters. The van der Waals surface area contributed by atoms with E-state index in [1.165, 1.54) is 0 Å².